The van der Waals surface area contributed by atoms with Gasteiger partial charge in [-0.25, -0.2) is 9.59 Å². The van der Waals surface area contributed by atoms with Crippen molar-refractivity contribution in [1.29, 1.82) is 0 Å². The third-order valence-corrected chi connectivity index (χ3v) is 5.71. The molecule has 0 saturated carbocycles. The van der Waals surface area contributed by atoms with E-state index in [0.29, 0.717) is 29.2 Å². The van der Waals surface area contributed by atoms with Crippen LogP contribution in [-0.4, -0.2) is 36.8 Å². The number of aryl methyl sites for hydroxylation is 2. The van der Waals surface area contributed by atoms with Crippen LogP contribution < -0.4 is 10.1 Å². The molecule has 3 aromatic carbocycles. The number of benzene rings is 3. The van der Waals surface area contributed by atoms with Crippen LogP contribution in [0.5, 0.6) is 11.5 Å². The molecule has 0 fully saturated rings. The van der Waals surface area contributed by atoms with Crippen LogP contribution in [0.3, 0.4) is 0 Å². The Labute approximate surface area is 221 Å². The second-order valence-corrected chi connectivity index (χ2v) is 8.46. The van der Waals surface area contributed by atoms with E-state index in [-0.39, 0.29) is 35.5 Å². The largest absolute Gasteiger partial charge is 0.463 e. The van der Waals surface area contributed by atoms with E-state index in [9.17, 15) is 19.2 Å². The van der Waals surface area contributed by atoms with Gasteiger partial charge in [0.05, 0.1) is 12.2 Å². The van der Waals surface area contributed by atoms with Crippen LogP contribution in [0.2, 0.25) is 0 Å². The molecule has 0 saturated heterocycles. The highest BCUT2D eigenvalue weighted by Crippen LogP contribution is 2.25. The molecular weight excluding hydrogens is 486 g/mol. The average Bonchev–Trinajstić information content (AvgIpc) is 2.93. The van der Waals surface area contributed by atoms with Gasteiger partial charge in [0.1, 0.15) is 11.5 Å². The first kappa shape index (κ1) is 28.1. The van der Waals surface area contributed by atoms with Crippen LogP contribution in [-0.2, 0) is 20.7 Å². The number of ether oxygens (including phenoxy) is 3. The lowest BCUT2D eigenvalue weighted by Gasteiger charge is -2.15. The molecular formula is C30H31NO7. The summed E-state index contributed by atoms with van der Waals surface area (Å²) in [5.74, 6) is -1.02. The highest BCUT2D eigenvalue weighted by atomic mass is 16.6. The number of nitrogens with one attached hydrogen (secondary N) is 1. The van der Waals surface area contributed by atoms with Gasteiger partial charge >= 0.3 is 11.9 Å². The second kappa shape index (κ2) is 13.2. The van der Waals surface area contributed by atoms with E-state index < -0.39 is 24.5 Å². The lowest BCUT2D eigenvalue weighted by atomic mass is 9.93. The van der Waals surface area contributed by atoms with Gasteiger partial charge in [-0.15, -0.1) is 0 Å². The second-order valence-electron chi connectivity index (χ2n) is 8.46. The summed E-state index contributed by atoms with van der Waals surface area (Å²) < 4.78 is 15.7. The molecule has 0 atom stereocenters. The van der Waals surface area contributed by atoms with Crippen molar-refractivity contribution in [3.8, 4) is 11.5 Å². The first-order valence-electron chi connectivity index (χ1n) is 12.4. The minimum absolute atomic E-state index is 0.0784. The Morgan fingerprint density at radius 3 is 1.97 bits per heavy atom. The van der Waals surface area contributed by atoms with Crippen LogP contribution in [0.1, 0.15) is 69.4 Å². The SMILES string of the molecule is CCOC(=O)COC(=O)c1cc(C(=O)Nc2ccc(Oc3ccc(C)cc3)cc2)c(CC)cc1C(=O)CC. The number of anilines is 1. The van der Waals surface area contributed by atoms with Gasteiger partial charge in [-0.3, -0.25) is 9.59 Å². The fourth-order valence-electron chi connectivity index (χ4n) is 3.69. The number of amides is 1. The van der Waals surface area contributed by atoms with Crippen molar-refractivity contribution in [2.45, 2.75) is 40.5 Å². The number of Topliss-reactive ketones (excluding diaryl/α,β-unsaturated/α-hetero) is 1. The molecule has 0 bridgehead atoms. The van der Waals surface area contributed by atoms with Crippen molar-refractivity contribution in [3.05, 3.63) is 88.5 Å². The molecule has 0 unspecified atom stereocenters. The Hall–Kier alpha value is -4.46. The predicted octanol–water partition coefficient (Wildman–Crippen LogP) is 5.91. The summed E-state index contributed by atoms with van der Waals surface area (Å²) in [5.41, 5.74) is 2.54. The molecule has 1 amide bonds. The van der Waals surface area contributed by atoms with Crippen molar-refractivity contribution in [1.82, 2.24) is 0 Å². The lowest BCUT2D eigenvalue weighted by Crippen LogP contribution is -2.21. The van der Waals surface area contributed by atoms with Crippen LogP contribution in [0.4, 0.5) is 5.69 Å². The van der Waals surface area contributed by atoms with Crippen molar-refractivity contribution in [2.75, 3.05) is 18.5 Å². The molecule has 0 aliphatic rings. The molecule has 1 N–H and O–H groups in total. The number of hydrogen-bond acceptors (Lipinski definition) is 7. The zero-order valence-electron chi connectivity index (χ0n) is 22.0. The highest BCUT2D eigenvalue weighted by Gasteiger charge is 2.23. The van der Waals surface area contributed by atoms with E-state index in [1.807, 2.05) is 38.1 Å². The Kier molecular flexibility index (Phi) is 9.76. The zero-order valence-corrected chi connectivity index (χ0v) is 22.0. The zero-order chi connectivity index (χ0) is 27.7. The van der Waals surface area contributed by atoms with Gasteiger partial charge in [0.25, 0.3) is 5.91 Å². The van der Waals surface area contributed by atoms with E-state index in [0.717, 1.165) is 5.56 Å². The standard InChI is InChI=1S/C30H31NO7/c1-5-20-16-25(27(32)6-2)26(30(35)37-18-28(33)36-7-3)17-24(20)29(34)31-21-10-14-23(15-11-21)38-22-12-8-19(4)9-13-22/h8-17H,5-7,18H2,1-4H3,(H,31,34). The Morgan fingerprint density at radius 2 is 1.39 bits per heavy atom. The summed E-state index contributed by atoms with van der Waals surface area (Å²) in [6.45, 7) is 6.70. The molecule has 0 heterocycles. The lowest BCUT2D eigenvalue weighted by molar-refractivity contribution is -0.146. The van der Waals surface area contributed by atoms with E-state index in [1.54, 1.807) is 44.2 Å². The first-order chi connectivity index (χ1) is 18.2. The van der Waals surface area contributed by atoms with Gasteiger partial charge in [-0.05, 0) is 74.4 Å². The van der Waals surface area contributed by atoms with Gasteiger partial charge in [0.2, 0.25) is 0 Å². The fraction of sp³-hybridized carbons (Fsp3) is 0.267. The van der Waals surface area contributed by atoms with Crippen LogP contribution in [0, 0.1) is 6.92 Å². The number of esters is 2. The summed E-state index contributed by atoms with van der Waals surface area (Å²) in [6.07, 6.45) is 0.609. The maximum Gasteiger partial charge on any atom is 0.344 e. The maximum atomic E-state index is 13.2. The number of carbonyl (C=O) groups excluding carboxylic acids is 4. The predicted molar refractivity (Wildman–Crippen MR) is 143 cm³/mol. The Morgan fingerprint density at radius 1 is 0.763 bits per heavy atom. The van der Waals surface area contributed by atoms with Gasteiger partial charge in [-0.2, -0.15) is 0 Å². The van der Waals surface area contributed by atoms with E-state index in [1.165, 1.54) is 6.07 Å². The summed E-state index contributed by atoms with van der Waals surface area (Å²) in [6, 6.07) is 17.4. The average molecular weight is 518 g/mol. The molecule has 38 heavy (non-hydrogen) atoms. The van der Waals surface area contributed by atoms with E-state index >= 15 is 0 Å². The first-order valence-corrected chi connectivity index (χ1v) is 12.4. The quantitative estimate of drug-likeness (QED) is 0.249. The molecule has 0 spiro atoms. The molecule has 3 aromatic rings. The number of hydrogen-bond donors (Lipinski definition) is 1. The fourth-order valence-corrected chi connectivity index (χ4v) is 3.69. The summed E-state index contributed by atoms with van der Waals surface area (Å²) >= 11 is 0. The number of rotatable bonds is 11. The van der Waals surface area contributed by atoms with E-state index in [4.69, 9.17) is 14.2 Å². The van der Waals surface area contributed by atoms with Crippen LogP contribution in [0.25, 0.3) is 0 Å². The van der Waals surface area contributed by atoms with Crippen LogP contribution in [0.15, 0.2) is 60.7 Å². The van der Waals surface area contributed by atoms with Gasteiger partial charge in [-0.1, -0.05) is 31.5 Å². The third-order valence-electron chi connectivity index (χ3n) is 5.71. The third kappa shape index (κ3) is 7.29. The molecule has 8 nitrogen and oxygen atoms in total. The molecule has 0 aromatic heterocycles. The molecule has 0 aliphatic carbocycles. The molecule has 8 heteroatoms. The van der Waals surface area contributed by atoms with Gasteiger partial charge < -0.3 is 19.5 Å². The molecule has 198 valence electrons. The molecule has 3 rings (SSSR count). The highest BCUT2D eigenvalue weighted by molar-refractivity contribution is 6.11. The summed E-state index contributed by atoms with van der Waals surface area (Å²) in [5, 5.41) is 2.82. The monoisotopic (exact) mass is 517 g/mol. The van der Waals surface area contributed by atoms with E-state index in [2.05, 4.69) is 5.32 Å². The smallest absolute Gasteiger partial charge is 0.344 e. The van der Waals surface area contributed by atoms with Crippen LogP contribution >= 0.6 is 0 Å². The van der Waals surface area contributed by atoms with Crippen molar-refractivity contribution >= 4 is 29.3 Å². The van der Waals surface area contributed by atoms with Crippen molar-refractivity contribution in [3.63, 3.8) is 0 Å². The molecule has 0 radical (unpaired) electrons. The number of carbonyl (C=O) groups is 4. The molecule has 0 aliphatic heterocycles. The minimum Gasteiger partial charge on any atom is -0.463 e. The maximum absolute atomic E-state index is 13.2. The normalized spacial score (nSPS) is 10.4. The minimum atomic E-state index is -0.885. The van der Waals surface area contributed by atoms with Crippen molar-refractivity contribution in [2.24, 2.45) is 0 Å². The van der Waals surface area contributed by atoms with Gasteiger partial charge in [0, 0.05) is 23.2 Å². The van der Waals surface area contributed by atoms with Crippen molar-refractivity contribution < 1.29 is 33.4 Å². The number of ketones is 1. The topological polar surface area (TPSA) is 108 Å². The summed E-state index contributed by atoms with van der Waals surface area (Å²) in [4.78, 5) is 50.3. The Bertz CT molecular complexity index is 1310. The Balaban J connectivity index is 1.82. The summed E-state index contributed by atoms with van der Waals surface area (Å²) in [7, 11) is 0. The van der Waals surface area contributed by atoms with Gasteiger partial charge in [0.15, 0.2) is 12.4 Å².